The van der Waals surface area contributed by atoms with Gasteiger partial charge >= 0.3 is 11.9 Å². The molecule has 2 aromatic carbocycles. The molecule has 7 nitrogen and oxygen atoms in total. The molecule has 0 radical (unpaired) electrons. The fourth-order valence-electron chi connectivity index (χ4n) is 3.93. The summed E-state index contributed by atoms with van der Waals surface area (Å²) in [5.74, 6) is -2.36. The summed E-state index contributed by atoms with van der Waals surface area (Å²) in [6.45, 7) is 1.81. The minimum atomic E-state index is -0.893. The summed E-state index contributed by atoms with van der Waals surface area (Å²) in [5.41, 5.74) is 7.55. The first-order chi connectivity index (χ1) is 16.8. The van der Waals surface area contributed by atoms with Crippen molar-refractivity contribution in [3.63, 3.8) is 0 Å². The Kier molecular flexibility index (Phi) is 7.44. The van der Waals surface area contributed by atoms with Crippen LogP contribution >= 0.6 is 43.2 Å². The lowest BCUT2D eigenvalue weighted by atomic mass is 9.83. The molecule has 1 atom stereocenters. The molecular weight excluding hydrogens is 600 g/mol. The molecule has 0 saturated carbocycles. The molecule has 3 aromatic rings. The van der Waals surface area contributed by atoms with Crippen LogP contribution in [0.15, 0.2) is 67.8 Å². The molecule has 0 spiro atoms. The molecule has 0 unspecified atom stereocenters. The van der Waals surface area contributed by atoms with Crippen molar-refractivity contribution in [2.24, 2.45) is 5.73 Å². The summed E-state index contributed by atoms with van der Waals surface area (Å²) in [6.07, 6.45) is 1.71. The Morgan fingerprint density at radius 1 is 1.09 bits per heavy atom. The van der Waals surface area contributed by atoms with Gasteiger partial charge in [0.15, 0.2) is 0 Å². The van der Waals surface area contributed by atoms with E-state index in [1.165, 1.54) is 11.7 Å². The van der Waals surface area contributed by atoms with Crippen molar-refractivity contribution in [2.45, 2.75) is 12.8 Å². The molecule has 0 saturated heterocycles. The van der Waals surface area contributed by atoms with Crippen molar-refractivity contribution in [2.75, 3.05) is 13.7 Å². The van der Waals surface area contributed by atoms with Gasteiger partial charge in [-0.1, -0.05) is 56.1 Å². The van der Waals surface area contributed by atoms with Crippen LogP contribution in [-0.4, -0.2) is 30.2 Å². The van der Waals surface area contributed by atoms with E-state index in [0.29, 0.717) is 14.8 Å². The molecule has 2 heterocycles. The number of rotatable bonds is 5. The number of nitrogens with zero attached hydrogens (tertiary/aromatic N) is 1. The zero-order valence-corrected chi connectivity index (χ0v) is 22.7. The highest BCUT2D eigenvalue weighted by Crippen LogP contribution is 2.38. The maximum atomic E-state index is 13.5. The van der Waals surface area contributed by atoms with Crippen molar-refractivity contribution < 1.29 is 19.1 Å². The van der Waals surface area contributed by atoms with Crippen LogP contribution in [0.5, 0.6) is 0 Å². The van der Waals surface area contributed by atoms with Gasteiger partial charge in [0.25, 0.3) is 5.56 Å². The molecule has 10 heteroatoms. The Labute approximate surface area is 221 Å². The fourth-order valence-corrected chi connectivity index (χ4v) is 5.93. The number of carbonyl (C=O) groups excluding carboxylic acids is 2. The van der Waals surface area contributed by atoms with E-state index in [1.54, 1.807) is 31.2 Å². The van der Waals surface area contributed by atoms with Crippen molar-refractivity contribution >= 4 is 72.6 Å². The van der Waals surface area contributed by atoms with Crippen LogP contribution in [0.3, 0.4) is 0 Å². The monoisotopic (exact) mass is 618 g/mol. The number of nitrogens with two attached hydrogens (primary N) is 1. The summed E-state index contributed by atoms with van der Waals surface area (Å²) in [4.78, 5) is 39.8. The van der Waals surface area contributed by atoms with E-state index >= 15 is 0 Å². The Morgan fingerprint density at radius 3 is 2.40 bits per heavy atom. The molecule has 35 heavy (non-hydrogen) atoms. The second-order valence-corrected chi connectivity index (χ2v) is 10.4. The Morgan fingerprint density at radius 2 is 1.77 bits per heavy atom. The summed E-state index contributed by atoms with van der Waals surface area (Å²) in [7, 11) is 1.23. The quantitative estimate of drug-likeness (QED) is 0.441. The minimum Gasteiger partial charge on any atom is -0.466 e. The number of ether oxygens (including phenoxy) is 2. The van der Waals surface area contributed by atoms with Crippen LogP contribution in [-0.2, 0) is 19.1 Å². The third kappa shape index (κ3) is 4.78. The van der Waals surface area contributed by atoms with Gasteiger partial charge in [-0.05, 0) is 48.4 Å². The molecule has 0 amide bonds. The summed E-state index contributed by atoms with van der Waals surface area (Å²) >= 11 is 7.99. The highest BCUT2D eigenvalue weighted by atomic mass is 79.9. The van der Waals surface area contributed by atoms with Crippen molar-refractivity contribution in [1.29, 1.82) is 0 Å². The van der Waals surface area contributed by atoms with Crippen LogP contribution in [0, 0.1) is 0 Å². The minimum absolute atomic E-state index is 0.00458. The predicted molar refractivity (Wildman–Crippen MR) is 142 cm³/mol. The van der Waals surface area contributed by atoms with Gasteiger partial charge < -0.3 is 15.2 Å². The Balaban J connectivity index is 2.13. The fraction of sp³-hybridized carbons (Fsp3) is 0.160. The van der Waals surface area contributed by atoms with Gasteiger partial charge in [0.2, 0.25) is 0 Å². The van der Waals surface area contributed by atoms with E-state index in [1.807, 2.05) is 30.3 Å². The number of thiazole rings is 1. The zero-order valence-electron chi connectivity index (χ0n) is 18.7. The Hall–Kier alpha value is -2.95. The van der Waals surface area contributed by atoms with Gasteiger partial charge in [0.1, 0.15) is 10.5 Å². The van der Waals surface area contributed by atoms with Gasteiger partial charge in [-0.3, -0.25) is 9.36 Å². The second-order valence-electron chi connectivity index (χ2n) is 7.52. The molecular formula is C25H20Br2N2O5S. The maximum absolute atomic E-state index is 13.5. The molecule has 4 rings (SSSR count). The lowest BCUT2D eigenvalue weighted by Gasteiger charge is -2.26. The number of aromatic nitrogens is 1. The predicted octanol–water partition coefficient (Wildman–Crippen LogP) is 3.08. The number of benzene rings is 2. The molecule has 0 bridgehead atoms. The molecule has 1 aliphatic heterocycles. The number of hydrogen-bond donors (Lipinski definition) is 1. The summed E-state index contributed by atoms with van der Waals surface area (Å²) < 4.78 is 13.9. The highest BCUT2D eigenvalue weighted by Gasteiger charge is 2.39. The van der Waals surface area contributed by atoms with E-state index < -0.39 is 23.4 Å². The number of carbonyl (C=O) groups is 2. The van der Waals surface area contributed by atoms with Gasteiger partial charge in [-0.15, -0.1) is 11.3 Å². The standard InChI is InChI=1S/C25H20Br2N2O5S/c1-3-34-25(32)20-18(14-7-5-9-16(27)12-14)19(24(31)33-2)21(28)29-22(30)17(35-23(20)29)11-13-6-4-8-15(26)10-13/h4-12,18H,3,28H2,1-2H3/b17-11-/t18-/m1/s1. The topological polar surface area (TPSA) is 101 Å². The van der Waals surface area contributed by atoms with Crippen LogP contribution in [0.4, 0.5) is 0 Å². The first-order valence-corrected chi connectivity index (χ1v) is 12.9. The van der Waals surface area contributed by atoms with Crippen LogP contribution < -0.4 is 20.5 Å². The van der Waals surface area contributed by atoms with E-state index in [9.17, 15) is 14.4 Å². The lowest BCUT2D eigenvalue weighted by Crippen LogP contribution is -2.41. The van der Waals surface area contributed by atoms with Crippen LogP contribution in [0.1, 0.15) is 24.0 Å². The average Bonchev–Trinajstić information content (AvgIpc) is 3.14. The van der Waals surface area contributed by atoms with Crippen molar-refractivity contribution in [3.8, 4) is 0 Å². The first-order valence-electron chi connectivity index (χ1n) is 10.5. The molecule has 180 valence electrons. The van der Waals surface area contributed by atoms with E-state index in [4.69, 9.17) is 15.2 Å². The number of hydrogen-bond acceptors (Lipinski definition) is 7. The number of esters is 2. The van der Waals surface area contributed by atoms with Gasteiger partial charge in [0, 0.05) is 8.95 Å². The van der Waals surface area contributed by atoms with E-state index in [-0.39, 0.29) is 23.6 Å². The van der Waals surface area contributed by atoms with E-state index in [2.05, 4.69) is 31.9 Å². The lowest BCUT2D eigenvalue weighted by molar-refractivity contribution is -0.136. The Bertz CT molecular complexity index is 1550. The third-order valence-electron chi connectivity index (χ3n) is 5.38. The molecule has 0 aliphatic carbocycles. The second kappa shape index (κ2) is 10.3. The van der Waals surface area contributed by atoms with Crippen molar-refractivity contribution in [3.05, 3.63) is 93.7 Å². The summed E-state index contributed by atoms with van der Waals surface area (Å²) in [6, 6.07) is 14.6. The van der Waals surface area contributed by atoms with Crippen molar-refractivity contribution in [1.82, 2.24) is 4.57 Å². The molecule has 0 fully saturated rings. The molecule has 1 aromatic heterocycles. The van der Waals surface area contributed by atoms with E-state index in [0.717, 1.165) is 25.8 Å². The van der Waals surface area contributed by atoms with Crippen LogP contribution in [0.2, 0.25) is 0 Å². The highest BCUT2D eigenvalue weighted by molar-refractivity contribution is 9.10. The normalized spacial score (nSPS) is 15.7. The van der Waals surface area contributed by atoms with Gasteiger partial charge in [0.05, 0.1) is 35.3 Å². The van der Waals surface area contributed by atoms with Crippen LogP contribution in [0.25, 0.3) is 17.5 Å². The zero-order chi connectivity index (χ0) is 25.3. The SMILES string of the molecule is CCOC(=O)C1=c2s/c(=C\c3cccc(Br)c3)c(=O)n2C(N)=C(C(=O)OC)[C@H]1c1cccc(Br)c1. The summed E-state index contributed by atoms with van der Waals surface area (Å²) in [5, 5.41) is 0. The smallest absolute Gasteiger partial charge is 0.338 e. The number of fused-ring (bicyclic) bond motifs is 1. The largest absolute Gasteiger partial charge is 0.466 e. The molecule has 1 aliphatic rings. The number of methoxy groups -OCH3 is 1. The van der Waals surface area contributed by atoms with Gasteiger partial charge in [-0.2, -0.15) is 0 Å². The van der Waals surface area contributed by atoms with Gasteiger partial charge in [-0.25, -0.2) is 9.59 Å². The third-order valence-corrected chi connectivity index (χ3v) is 7.47. The first kappa shape index (κ1) is 25.2. The maximum Gasteiger partial charge on any atom is 0.338 e. The number of halogens is 2. The average molecular weight is 620 g/mol. The molecule has 2 N–H and O–H groups in total.